The smallest absolute Gasteiger partial charge is 0.0576 e. The molecule has 1 aromatic rings. The third-order valence-corrected chi connectivity index (χ3v) is 4.71. The molecule has 2 atom stereocenters. The summed E-state index contributed by atoms with van der Waals surface area (Å²) in [5.74, 6) is 0. The lowest BCUT2D eigenvalue weighted by atomic mass is 10.0. The molecular weight excluding hydrogens is 254 g/mol. The highest BCUT2D eigenvalue weighted by molar-refractivity contribution is 7.09. The molecule has 0 aliphatic carbocycles. The molecule has 2 rings (SSSR count). The third kappa shape index (κ3) is 5.64. The highest BCUT2D eigenvalue weighted by atomic mass is 32.1. The van der Waals surface area contributed by atoms with E-state index in [2.05, 4.69) is 29.8 Å². The van der Waals surface area contributed by atoms with Crippen LogP contribution in [0.5, 0.6) is 0 Å². The number of hydrogen-bond acceptors (Lipinski definition) is 3. The molecule has 1 aliphatic heterocycles. The van der Waals surface area contributed by atoms with Crippen molar-refractivity contribution in [1.82, 2.24) is 5.32 Å². The maximum Gasteiger partial charge on any atom is 0.0576 e. The summed E-state index contributed by atoms with van der Waals surface area (Å²) in [6.07, 6.45) is 9.29. The van der Waals surface area contributed by atoms with Crippen LogP contribution in [0.2, 0.25) is 0 Å². The Hall–Kier alpha value is -0.380. The molecule has 1 N–H and O–H groups in total. The van der Waals surface area contributed by atoms with Crippen molar-refractivity contribution in [2.75, 3.05) is 13.2 Å². The molecule has 0 bridgehead atoms. The molecule has 1 aliphatic rings. The molecule has 0 radical (unpaired) electrons. The monoisotopic (exact) mass is 281 g/mol. The molecule has 0 aromatic carbocycles. The molecule has 1 saturated heterocycles. The van der Waals surface area contributed by atoms with Crippen molar-refractivity contribution in [3.63, 3.8) is 0 Å². The number of ether oxygens (including phenoxy) is 1. The van der Waals surface area contributed by atoms with Crippen molar-refractivity contribution in [2.24, 2.45) is 0 Å². The Kier molecular flexibility index (Phi) is 6.90. The molecule has 2 unspecified atom stereocenters. The second-order valence-electron chi connectivity index (χ2n) is 5.50. The molecule has 2 nitrogen and oxygen atoms in total. The Morgan fingerprint density at radius 1 is 1.53 bits per heavy atom. The Morgan fingerprint density at radius 3 is 3.16 bits per heavy atom. The van der Waals surface area contributed by atoms with Crippen molar-refractivity contribution >= 4 is 11.3 Å². The van der Waals surface area contributed by atoms with Gasteiger partial charge in [-0.25, -0.2) is 0 Å². The zero-order valence-corrected chi connectivity index (χ0v) is 12.9. The predicted molar refractivity (Wildman–Crippen MR) is 82.9 cm³/mol. The number of thiophene rings is 1. The van der Waals surface area contributed by atoms with Gasteiger partial charge in [-0.05, 0) is 62.9 Å². The quantitative estimate of drug-likeness (QED) is 0.738. The summed E-state index contributed by atoms with van der Waals surface area (Å²) >= 11 is 1.88. The van der Waals surface area contributed by atoms with Gasteiger partial charge < -0.3 is 10.1 Å². The minimum Gasteiger partial charge on any atom is -0.378 e. The first-order valence-corrected chi connectivity index (χ1v) is 8.64. The van der Waals surface area contributed by atoms with Crippen LogP contribution >= 0.6 is 11.3 Å². The maximum absolute atomic E-state index is 5.70. The molecule has 2 heterocycles. The van der Waals surface area contributed by atoms with E-state index in [9.17, 15) is 0 Å². The molecule has 0 saturated carbocycles. The first-order chi connectivity index (χ1) is 9.38. The molecule has 1 fully saturated rings. The molecule has 108 valence electrons. The molecule has 0 amide bonds. The van der Waals surface area contributed by atoms with Crippen LogP contribution in [0.15, 0.2) is 17.5 Å². The highest BCUT2D eigenvalue weighted by Crippen LogP contribution is 2.19. The zero-order chi connectivity index (χ0) is 13.3. The van der Waals surface area contributed by atoms with Gasteiger partial charge in [-0.15, -0.1) is 11.3 Å². The summed E-state index contributed by atoms with van der Waals surface area (Å²) in [7, 11) is 0. The van der Waals surface area contributed by atoms with E-state index in [0.29, 0.717) is 12.1 Å². The largest absolute Gasteiger partial charge is 0.378 e. The third-order valence-electron chi connectivity index (χ3n) is 3.81. The summed E-state index contributed by atoms with van der Waals surface area (Å²) in [4.78, 5) is 1.51. The van der Waals surface area contributed by atoms with Crippen LogP contribution in [0, 0.1) is 0 Å². The van der Waals surface area contributed by atoms with Gasteiger partial charge in [-0.2, -0.15) is 0 Å². The second kappa shape index (κ2) is 8.72. The SMILES string of the molecule is CCCNC(CCCC1CCCO1)Cc1cccs1. The van der Waals surface area contributed by atoms with Gasteiger partial charge in [-0.3, -0.25) is 0 Å². The van der Waals surface area contributed by atoms with Gasteiger partial charge in [0, 0.05) is 17.5 Å². The second-order valence-corrected chi connectivity index (χ2v) is 6.53. The van der Waals surface area contributed by atoms with Gasteiger partial charge in [0.25, 0.3) is 0 Å². The lowest BCUT2D eigenvalue weighted by Crippen LogP contribution is -2.31. The molecular formula is C16H27NOS. The lowest BCUT2D eigenvalue weighted by molar-refractivity contribution is 0.101. The summed E-state index contributed by atoms with van der Waals surface area (Å²) in [5.41, 5.74) is 0. The van der Waals surface area contributed by atoms with E-state index in [4.69, 9.17) is 4.74 Å². The highest BCUT2D eigenvalue weighted by Gasteiger charge is 2.16. The zero-order valence-electron chi connectivity index (χ0n) is 12.1. The van der Waals surface area contributed by atoms with Gasteiger partial charge in [-0.1, -0.05) is 13.0 Å². The van der Waals surface area contributed by atoms with Gasteiger partial charge in [0.1, 0.15) is 0 Å². The summed E-state index contributed by atoms with van der Waals surface area (Å²) in [5, 5.41) is 5.88. The van der Waals surface area contributed by atoms with Crippen molar-refractivity contribution < 1.29 is 4.74 Å². The minimum absolute atomic E-state index is 0.550. The van der Waals surface area contributed by atoms with Gasteiger partial charge in [0.2, 0.25) is 0 Å². The normalized spacial score (nSPS) is 20.8. The Morgan fingerprint density at radius 2 is 2.47 bits per heavy atom. The summed E-state index contributed by atoms with van der Waals surface area (Å²) < 4.78 is 5.70. The summed E-state index contributed by atoms with van der Waals surface area (Å²) in [6, 6.07) is 5.05. The number of hydrogen-bond donors (Lipinski definition) is 1. The number of rotatable bonds is 9. The topological polar surface area (TPSA) is 21.3 Å². The fraction of sp³-hybridized carbons (Fsp3) is 0.750. The van der Waals surface area contributed by atoms with E-state index in [0.717, 1.165) is 13.2 Å². The van der Waals surface area contributed by atoms with Gasteiger partial charge in [0.05, 0.1) is 6.10 Å². The molecule has 1 aromatic heterocycles. The fourth-order valence-electron chi connectivity index (χ4n) is 2.76. The molecule has 3 heteroatoms. The summed E-state index contributed by atoms with van der Waals surface area (Å²) in [6.45, 7) is 4.36. The van der Waals surface area contributed by atoms with E-state index in [-0.39, 0.29) is 0 Å². The first kappa shape index (κ1) is 15.0. The standard InChI is InChI=1S/C16H27NOS/c1-2-10-17-14(13-16-9-5-12-19-16)6-3-7-15-8-4-11-18-15/h5,9,12,14-15,17H,2-4,6-8,10-11,13H2,1H3. The van der Waals surface area contributed by atoms with E-state index in [1.165, 1.54) is 49.8 Å². The van der Waals surface area contributed by atoms with Crippen molar-refractivity contribution in [1.29, 1.82) is 0 Å². The predicted octanol–water partition coefficient (Wildman–Crippen LogP) is 4.01. The Labute approximate surface area is 121 Å². The van der Waals surface area contributed by atoms with Crippen LogP contribution in [0.25, 0.3) is 0 Å². The van der Waals surface area contributed by atoms with Gasteiger partial charge >= 0.3 is 0 Å². The van der Waals surface area contributed by atoms with E-state index >= 15 is 0 Å². The van der Waals surface area contributed by atoms with E-state index in [1.54, 1.807) is 0 Å². The minimum atomic E-state index is 0.550. The Bertz CT molecular complexity index is 319. The van der Waals surface area contributed by atoms with Crippen LogP contribution in [-0.4, -0.2) is 25.3 Å². The average molecular weight is 281 g/mol. The van der Waals surface area contributed by atoms with Crippen LogP contribution in [0.3, 0.4) is 0 Å². The average Bonchev–Trinajstić information content (AvgIpc) is 3.08. The van der Waals surface area contributed by atoms with E-state index < -0.39 is 0 Å². The van der Waals surface area contributed by atoms with Crippen LogP contribution in [0.1, 0.15) is 50.3 Å². The number of nitrogens with one attached hydrogen (secondary N) is 1. The van der Waals surface area contributed by atoms with Crippen LogP contribution < -0.4 is 5.32 Å². The Balaban J connectivity index is 1.69. The first-order valence-electron chi connectivity index (χ1n) is 7.76. The van der Waals surface area contributed by atoms with Crippen LogP contribution in [-0.2, 0) is 11.2 Å². The van der Waals surface area contributed by atoms with Gasteiger partial charge in [0.15, 0.2) is 0 Å². The molecule has 19 heavy (non-hydrogen) atoms. The van der Waals surface area contributed by atoms with Crippen molar-refractivity contribution in [3.05, 3.63) is 22.4 Å². The van der Waals surface area contributed by atoms with Crippen molar-refractivity contribution in [3.8, 4) is 0 Å². The molecule has 0 spiro atoms. The lowest BCUT2D eigenvalue weighted by Gasteiger charge is -2.18. The van der Waals surface area contributed by atoms with Crippen LogP contribution in [0.4, 0.5) is 0 Å². The van der Waals surface area contributed by atoms with E-state index in [1.807, 2.05) is 11.3 Å². The maximum atomic E-state index is 5.70. The van der Waals surface area contributed by atoms with Crippen molar-refractivity contribution in [2.45, 2.75) is 64.0 Å². The fourth-order valence-corrected chi connectivity index (χ4v) is 3.55.